The molecule has 1 heterocycles. The van der Waals surface area contributed by atoms with E-state index in [9.17, 15) is 9.59 Å². The molecular weight excluding hydrogens is 382 g/mol. The molecule has 3 N–H and O–H groups in total. The van der Waals surface area contributed by atoms with E-state index in [0.29, 0.717) is 36.0 Å². The van der Waals surface area contributed by atoms with Crippen molar-refractivity contribution in [2.75, 3.05) is 11.9 Å². The van der Waals surface area contributed by atoms with Gasteiger partial charge in [-0.15, -0.1) is 0 Å². The van der Waals surface area contributed by atoms with Gasteiger partial charge in [0.2, 0.25) is 5.91 Å². The molecule has 2 amide bonds. The molecule has 154 valence electrons. The van der Waals surface area contributed by atoms with E-state index in [0.717, 1.165) is 11.1 Å². The van der Waals surface area contributed by atoms with E-state index in [2.05, 4.69) is 10.3 Å². The van der Waals surface area contributed by atoms with Crippen molar-refractivity contribution in [1.29, 1.82) is 0 Å². The van der Waals surface area contributed by atoms with Gasteiger partial charge in [0.05, 0.1) is 13.0 Å². The Morgan fingerprint density at radius 2 is 1.80 bits per heavy atom. The van der Waals surface area contributed by atoms with Gasteiger partial charge >= 0.3 is 0 Å². The molecule has 3 aromatic rings. The summed E-state index contributed by atoms with van der Waals surface area (Å²) in [5, 5.41) is 2.83. The predicted molar refractivity (Wildman–Crippen MR) is 113 cm³/mol. The molecule has 0 unspecified atom stereocenters. The zero-order chi connectivity index (χ0) is 21.3. The Hall–Kier alpha value is -3.87. The zero-order valence-corrected chi connectivity index (χ0v) is 16.6. The first-order chi connectivity index (χ1) is 14.5. The van der Waals surface area contributed by atoms with Gasteiger partial charge in [-0.1, -0.05) is 18.2 Å². The predicted octanol–water partition coefficient (Wildman–Crippen LogP) is 3.34. The Labute approximate surface area is 174 Å². The number of anilines is 1. The fraction of sp³-hybridized carbons (Fsp3) is 0.174. The third-order valence-corrected chi connectivity index (χ3v) is 4.21. The lowest BCUT2D eigenvalue weighted by molar-refractivity contribution is -0.117. The topological polar surface area (TPSA) is 104 Å². The lowest BCUT2D eigenvalue weighted by Crippen LogP contribution is -2.14. The second-order valence-electron chi connectivity index (χ2n) is 6.54. The van der Waals surface area contributed by atoms with Gasteiger partial charge < -0.3 is 20.5 Å². The summed E-state index contributed by atoms with van der Waals surface area (Å²) in [6.07, 6.45) is 3.59. The fourth-order valence-electron chi connectivity index (χ4n) is 2.79. The number of ether oxygens (including phenoxy) is 2. The number of carbonyl (C=O) groups is 2. The van der Waals surface area contributed by atoms with Crippen LogP contribution in [0.25, 0.3) is 0 Å². The van der Waals surface area contributed by atoms with Crippen molar-refractivity contribution in [2.45, 2.75) is 20.0 Å². The number of nitrogens with zero attached hydrogens (tertiary/aromatic N) is 1. The molecule has 0 saturated heterocycles. The Bertz CT molecular complexity index is 1000. The first-order valence-corrected chi connectivity index (χ1v) is 9.52. The average molecular weight is 405 g/mol. The number of pyridine rings is 1. The highest BCUT2D eigenvalue weighted by atomic mass is 16.5. The van der Waals surface area contributed by atoms with Crippen LogP contribution < -0.4 is 20.5 Å². The summed E-state index contributed by atoms with van der Waals surface area (Å²) >= 11 is 0. The molecule has 2 aromatic carbocycles. The number of nitrogens with one attached hydrogen (secondary N) is 1. The second-order valence-corrected chi connectivity index (χ2v) is 6.54. The van der Waals surface area contributed by atoms with Crippen LogP contribution in [-0.4, -0.2) is 23.4 Å². The second kappa shape index (κ2) is 10.1. The van der Waals surface area contributed by atoms with E-state index >= 15 is 0 Å². The van der Waals surface area contributed by atoms with Crippen LogP contribution in [0.15, 0.2) is 67.0 Å². The van der Waals surface area contributed by atoms with E-state index in [1.54, 1.807) is 54.9 Å². The monoisotopic (exact) mass is 405 g/mol. The number of amides is 2. The van der Waals surface area contributed by atoms with Crippen molar-refractivity contribution in [3.8, 4) is 11.5 Å². The first-order valence-electron chi connectivity index (χ1n) is 9.52. The van der Waals surface area contributed by atoms with Crippen LogP contribution in [0, 0.1) is 0 Å². The molecule has 7 heteroatoms. The molecule has 0 bridgehead atoms. The lowest BCUT2D eigenvalue weighted by Gasteiger charge is -2.13. The van der Waals surface area contributed by atoms with Crippen LogP contribution in [-0.2, 0) is 17.8 Å². The van der Waals surface area contributed by atoms with E-state index < -0.39 is 5.91 Å². The molecular formula is C23H23N3O4. The van der Waals surface area contributed by atoms with Gasteiger partial charge in [0.15, 0.2) is 11.5 Å². The number of primary amides is 1. The molecule has 0 saturated carbocycles. The SMILES string of the molecule is CCOc1cc(C(=O)Nc2ccc(CC(N)=O)cc2)ccc1OCc1cccnc1. The molecule has 7 nitrogen and oxygen atoms in total. The molecule has 1 aromatic heterocycles. The van der Waals surface area contributed by atoms with Crippen LogP contribution in [0.4, 0.5) is 5.69 Å². The van der Waals surface area contributed by atoms with Crippen LogP contribution in [0.5, 0.6) is 11.5 Å². The molecule has 0 aliphatic rings. The highest BCUT2D eigenvalue weighted by molar-refractivity contribution is 6.04. The number of hydrogen-bond donors (Lipinski definition) is 2. The fourth-order valence-corrected chi connectivity index (χ4v) is 2.79. The molecule has 0 spiro atoms. The molecule has 0 aliphatic carbocycles. The van der Waals surface area contributed by atoms with Crippen LogP contribution in [0.1, 0.15) is 28.4 Å². The van der Waals surface area contributed by atoms with Gasteiger partial charge in [-0.25, -0.2) is 0 Å². The number of aromatic nitrogens is 1. The van der Waals surface area contributed by atoms with E-state index in [-0.39, 0.29) is 12.3 Å². The summed E-state index contributed by atoms with van der Waals surface area (Å²) in [6, 6.07) is 15.8. The number of carbonyl (C=O) groups excluding carboxylic acids is 2. The maximum absolute atomic E-state index is 12.6. The maximum atomic E-state index is 12.6. The minimum atomic E-state index is -0.402. The van der Waals surface area contributed by atoms with Crippen molar-refractivity contribution in [3.05, 3.63) is 83.7 Å². The third-order valence-electron chi connectivity index (χ3n) is 4.21. The summed E-state index contributed by atoms with van der Waals surface area (Å²) in [5.74, 6) is 0.359. The zero-order valence-electron chi connectivity index (χ0n) is 16.6. The quantitative estimate of drug-likeness (QED) is 0.568. The Morgan fingerprint density at radius 1 is 1.00 bits per heavy atom. The lowest BCUT2D eigenvalue weighted by atomic mass is 10.1. The van der Waals surface area contributed by atoms with Crippen LogP contribution in [0.2, 0.25) is 0 Å². The number of nitrogens with two attached hydrogens (primary N) is 1. The van der Waals surface area contributed by atoms with E-state index in [1.165, 1.54) is 0 Å². The van der Waals surface area contributed by atoms with Crippen molar-refractivity contribution >= 4 is 17.5 Å². The first kappa shape index (κ1) is 20.9. The highest BCUT2D eigenvalue weighted by Gasteiger charge is 2.12. The molecule has 0 aliphatic heterocycles. The molecule has 0 atom stereocenters. The smallest absolute Gasteiger partial charge is 0.255 e. The minimum absolute atomic E-state index is 0.159. The van der Waals surface area contributed by atoms with Gasteiger partial charge in [-0.2, -0.15) is 0 Å². The summed E-state index contributed by atoms with van der Waals surface area (Å²) in [6.45, 7) is 2.65. The van der Waals surface area contributed by atoms with E-state index in [4.69, 9.17) is 15.2 Å². The molecule has 0 fully saturated rings. The Balaban J connectivity index is 1.69. The van der Waals surface area contributed by atoms with Crippen LogP contribution in [0.3, 0.4) is 0 Å². The van der Waals surface area contributed by atoms with Gasteiger partial charge in [0, 0.05) is 29.2 Å². The van der Waals surface area contributed by atoms with E-state index in [1.807, 2.05) is 19.1 Å². The third kappa shape index (κ3) is 5.81. The summed E-state index contributed by atoms with van der Waals surface area (Å²) in [5.41, 5.74) is 7.96. The Kier molecular flexibility index (Phi) is 7.00. The van der Waals surface area contributed by atoms with Gasteiger partial charge in [0.25, 0.3) is 5.91 Å². The summed E-state index contributed by atoms with van der Waals surface area (Å²) in [4.78, 5) is 27.7. The van der Waals surface area contributed by atoms with Crippen molar-refractivity contribution in [1.82, 2.24) is 4.98 Å². The standard InChI is InChI=1S/C23H23N3O4/c1-2-29-21-13-18(7-10-20(21)30-15-17-4-3-11-25-14-17)23(28)26-19-8-5-16(6-9-19)12-22(24)27/h3-11,13-14H,2,12,15H2,1H3,(H2,24,27)(H,26,28). The number of rotatable bonds is 9. The van der Waals surface area contributed by atoms with Crippen molar-refractivity contribution in [2.24, 2.45) is 5.73 Å². The highest BCUT2D eigenvalue weighted by Crippen LogP contribution is 2.29. The molecule has 0 radical (unpaired) electrons. The number of hydrogen-bond acceptors (Lipinski definition) is 5. The maximum Gasteiger partial charge on any atom is 0.255 e. The molecule has 3 rings (SSSR count). The van der Waals surface area contributed by atoms with Gasteiger partial charge in [0.1, 0.15) is 6.61 Å². The van der Waals surface area contributed by atoms with Gasteiger partial charge in [-0.3, -0.25) is 14.6 Å². The minimum Gasteiger partial charge on any atom is -0.490 e. The Morgan fingerprint density at radius 3 is 2.47 bits per heavy atom. The van der Waals surface area contributed by atoms with Crippen molar-refractivity contribution < 1.29 is 19.1 Å². The number of benzene rings is 2. The summed E-state index contributed by atoms with van der Waals surface area (Å²) < 4.78 is 11.5. The largest absolute Gasteiger partial charge is 0.490 e. The van der Waals surface area contributed by atoms with Crippen molar-refractivity contribution in [3.63, 3.8) is 0 Å². The van der Waals surface area contributed by atoms with Gasteiger partial charge in [-0.05, 0) is 48.9 Å². The normalized spacial score (nSPS) is 10.3. The molecule has 30 heavy (non-hydrogen) atoms. The average Bonchev–Trinajstić information content (AvgIpc) is 2.75. The van der Waals surface area contributed by atoms with Crippen LogP contribution >= 0.6 is 0 Å². The summed E-state index contributed by atoms with van der Waals surface area (Å²) in [7, 11) is 0.